The fraction of sp³-hybridized carbons (Fsp3) is 0.263. The zero-order chi connectivity index (χ0) is 23.1. The normalized spacial score (nSPS) is 17.7. The lowest BCUT2D eigenvalue weighted by Gasteiger charge is -2.26. The van der Waals surface area contributed by atoms with E-state index in [9.17, 15) is 28.2 Å². The topological polar surface area (TPSA) is 150 Å². The summed E-state index contributed by atoms with van der Waals surface area (Å²) in [6.07, 6.45) is 0. The molecule has 1 heterocycles. The third kappa shape index (κ3) is 3.74. The molecule has 12 heteroatoms. The predicted octanol–water partition coefficient (Wildman–Crippen LogP) is 1.90. The van der Waals surface area contributed by atoms with E-state index in [-0.39, 0.29) is 28.8 Å². The predicted molar refractivity (Wildman–Crippen MR) is 115 cm³/mol. The van der Waals surface area contributed by atoms with Gasteiger partial charge < -0.3 is 15.5 Å². The monoisotopic (exact) mass is 487 g/mol. The maximum Gasteiger partial charge on any atom is 0.344 e. The number of aliphatic carboxylic acids is 1. The molecule has 5 N–H and O–H groups in total. The number of rotatable bonds is 5. The van der Waals surface area contributed by atoms with Crippen molar-refractivity contribution < 1.29 is 28.2 Å². The molecule has 0 aromatic heterocycles. The molecular formula is C19H19Cl2N3O6S. The van der Waals surface area contributed by atoms with Gasteiger partial charge in [0.15, 0.2) is 0 Å². The van der Waals surface area contributed by atoms with Crippen LogP contribution in [-0.2, 0) is 19.5 Å². The number of carbonyl (C=O) groups is 2. The molecule has 0 spiro atoms. The number of fused-ring (bicyclic) bond motifs is 1. The van der Waals surface area contributed by atoms with E-state index in [4.69, 9.17) is 28.9 Å². The summed E-state index contributed by atoms with van der Waals surface area (Å²) in [6.45, 7) is -0.207. The molecule has 31 heavy (non-hydrogen) atoms. The van der Waals surface area contributed by atoms with Gasteiger partial charge >= 0.3 is 12.0 Å². The number of carboxylic acid groups (broad SMARTS) is 1. The van der Waals surface area contributed by atoms with Crippen molar-refractivity contribution in [1.82, 2.24) is 5.32 Å². The van der Waals surface area contributed by atoms with Gasteiger partial charge in [-0.05, 0) is 41.5 Å². The van der Waals surface area contributed by atoms with Gasteiger partial charge in [0.05, 0.1) is 11.5 Å². The van der Waals surface area contributed by atoms with Crippen molar-refractivity contribution in [3.8, 4) is 0 Å². The molecule has 2 amide bonds. The van der Waals surface area contributed by atoms with Crippen LogP contribution in [0.2, 0.25) is 10.0 Å². The maximum atomic E-state index is 13.3. The van der Waals surface area contributed by atoms with E-state index >= 15 is 0 Å². The smallest absolute Gasteiger partial charge is 0.344 e. The lowest BCUT2D eigenvalue weighted by atomic mass is 9.97. The minimum absolute atomic E-state index is 0.00525. The van der Waals surface area contributed by atoms with Gasteiger partial charge in [0, 0.05) is 35.2 Å². The van der Waals surface area contributed by atoms with Gasteiger partial charge in [0.1, 0.15) is 0 Å². The Morgan fingerprint density at radius 1 is 1.23 bits per heavy atom. The van der Waals surface area contributed by atoms with E-state index in [1.165, 1.54) is 36.2 Å². The summed E-state index contributed by atoms with van der Waals surface area (Å²) in [4.78, 5) is 22.3. The lowest BCUT2D eigenvalue weighted by Crippen LogP contribution is -2.51. The Kier molecular flexibility index (Phi) is 6.23. The first kappa shape index (κ1) is 23.3. The number of nitrogens with one attached hydrogen (secondary N) is 1. The summed E-state index contributed by atoms with van der Waals surface area (Å²) in [7, 11) is -3.27. The number of halogens is 2. The minimum Gasteiger partial charge on any atom is -0.479 e. The Morgan fingerprint density at radius 3 is 2.35 bits per heavy atom. The van der Waals surface area contributed by atoms with Crippen LogP contribution < -0.4 is 16.0 Å². The highest BCUT2D eigenvalue weighted by Crippen LogP contribution is 2.41. The van der Waals surface area contributed by atoms with Crippen molar-refractivity contribution in [2.45, 2.75) is 15.7 Å². The highest BCUT2D eigenvalue weighted by atomic mass is 35.5. The van der Waals surface area contributed by atoms with Crippen molar-refractivity contribution >= 4 is 50.7 Å². The number of nitrogens with zero attached hydrogens (tertiary/aromatic N) is 1. The number of amides is 2. The third-order valence-electron chi connectivity index (χ3n) is 5.16. The van der Waals surface area contributed by atoms with E-state index in [2.05, 4.69) is 5.32 Å². The Balaban J connectivity index is 2.21. The largest absolute Gasteiger partial charge is 0.479 e. The second-order valence-electron chi connectivity index (χ2n) is 6.97. The van der Waals surface area contributed by atoms with Crippen LogP contribution >= 0.6 is 23.2 Å². The van der Waals surface area contributed by atoms with Crippen LogP contribution in [0, 0.1) is 0 Å². The van der Waals surface area contributed by atoms with E-state index in [0.717, 1.165) is 12.1 Å². The summed E-state index contributed by atoms with van der Waals surface area (Å²) < 4.78 is 26.6. The zero-order valence-corrected chi connectivity index (χ0v) is 18.5. The molecule has 1 aliphatic rings. The molecule has 1 aliphatic heterocycles. The molecule has 0 radical (unpaired) electrons. The van der Waals surface area contributed by atoms with Crippen LogP contribution in [0.25, 0.3) is 0 Å². The lowest BCUT2D eigenvalue weighted by molar-refractivity contribution is -0.140. The highest BCUT2D eigenvalue weighted by Gasteiger charge is 2.51. The molecule has 2 aromatic rings. The first-order valence-electron chi connectivity index (χ1n) is 8.95. The Labute approximate surface area is 188 Å². The second-order valence-corrected chi connectivity index (χ2v) is 9.96. The molecule has 0 saturated heterocycles. The number of nitrogens with two attached hydrogens (primary N) is 1. The SMILES string of the molecule is CNC(=O)N1CC(CO)c2cc(C(N)(C(=O)O)S(=O)(=O)c3cc(Cl)cc(Cl)c3)ccc21. The molecule has 0 bridgehead atoms. The number of urea groups is 1. The summed E-state index contributed by atoms with van der Waals surface area (Å²) in [5.41, 5.74) is 6.62. The molecule has 0 fully saturated rings. The Morgan fingerprint density at radius 2 is 1.84 bits per heavy atom. The summed E-state index contributed by atoms with van der Waals surface area (Å²) in [6, 6.07) is 6.91. The van der Waals surface area contributed by atoms with E-state index in [1.54, 1.807) is 0 Å². The number of hydrogen-bond donors (Lipinski definition) is 4. The van der Waals surface area contributed by atoms with Crippen molar-refractivity contribution in [2.75, 3.05) is 25.1 Å². The fourth-order valence-corrected chi connectivity index (χ4v) is 5.78. The molecule has 2 unspecified atom stereocenters. The number of carbonyl (C=O) groups excluding carboxylic acids is 1. The average molecular weight is 488 g/mol. The van der Waals surface area contributed by atoms with Crippen LogP contribution in [0.4, 0.5) is 10.5 Å². The quantitative estimate of drug-likeness (QED) is 0.502. The van der Waals surface area contributed by atoms with Crippen LogP contribution in [0.3, 0.4) is 0 Å². The van der Waals surface area contributed by atoms with Crippen molar-refractivity contribution in [1.29, 1.82) is 0 Å². The van der Waals surface area contributed by atoms with Gasteiger partial charge in [0.25, 0.3) is 0 Å². The Hall–Kier alpha value is -2.37. The number of aliphatic hydroxyl groups is 1. The molecular weight excluding hydrogens is 469 g/mol. The first-order chi connectivity index (χ1) is 14.5. The third-order valence-corrected chi connectivity index (χ3v) is 7.71. The molecule has 2 aromatic carbocycles. The molecule has 2 atom stereocenters. The van der Waals surface area contributed by atoms with E-state index in [0.29, 0.717) is 11.3 Å². The van der Waals surface area contributed by atoms with Gasteiger partial charge in [-0.15, -0.1) is 0 Å². The van der Waals surface area contributed by atoms with Gasteiger partial charge in [-0.25, -0.2) is 18.0 Å². The second kappa shape index (κ2) is 8.29. The van der Waals surface area contributed by atoms with Gasteiger partial charge in [-0.2, -0.15) is 0 Å². The van der Waals surface area contributed by atoms with Gasteiger partial charge in [-0.1, -0.05) is 29.3 Å². The number of carboxylic acids is 1. The first-order valence-corrected chi connectivity index (χ1v) is 11.2. The number of hydrogen-bond acceptors (Lipinski definition) is 6. The number of anilines is 1. The molecule has 0 aliphatic carbocycles. The standard InChI is InChI=1S/C19H19Cl2N3O6S/c1-23-18(28)24-8-10(9-25)15-4-11(2-3-16(15)24)19(22,17(26)27)31(29,30)14-6-12(20)5-13(21)7-14/h2-7,10,25H,8-9,22H2,1H3,(H,23,28)(H,26,27). The van der Waals surface area contributed by atoms with Crippen molar-refractivity contribution in [3.63, 3.8) is 0 Å². The number of sulfone groups is 1. The van der Waals surface area contributed by atoms with Crippen molar-refractivity contribution in [2.24, 2.45) is 5.73 Å². The minimum atomic E-state index is -4.72. The van der Waals surface area contributed by atoms with Crippen molar-refractivity contribution in [3.05, 3.63) is 57.6 Å². The van der Waals surface area contributed by atoms with E-state index < -0.39 is 37.5 Å². The Bertz CT molecular complexity index is 1150. The average Bonchev–Trinajstić information content (AvgIpc) is 3.09. The van der Waals surface area contributed by atoms with Crippen LogP contribution in [0.1, 0.15) is 17.0 Å². The van der Waals surface area contributed by atoms with Gasteiger partial charge in [-0.3, -0.25) is 10.6 Å². The molecule has 9 nitrogen and oxygen atoms in total. The maximum absolute atomic E-state index is 13.3. The number of aliphatic hydroxyl groups excluding tert-OH is 1. The van der Waals surface area contributed by atoms with Crippen LogP contribution in [0.15, 0.2) is 41.3 Å². The highest BCUT2D eigenvalue weighted by molar-refractivity contribution is 7.93. The van der Waals surface area contributed by atoms with Gasteiger partial charge in [0.2, 0.25) is 14.7 Å². The zero-order valence-electron chi connectivity index (χ0n) is 16.2. The molecule has 166 valence electrons. The fourth-order valence-electron chi connectivity index (χ4n) is 3.52. The number of benzene rings is 2. The van der Waals surface area contributed by atoms with E-state index in [1.807, 2.05) is 0 Å². The van der Waals surface area contributed by atoms with Crippen LogP contribution in [0.5, 0.6) is 0 Å². The van der Waals surface area contributed by atoms with Crippen LogP contribution in [-0.4, -0.2) is 50.8 Å². The summed E-state index contributed by atoms with van der Waals surface area (Å²) in [5.74, 6) is -2.36. The molecule has 0 saturated carbocycles. The summed E-state index contributed by atoms with van der Waals surface area (Å²) >= 11 is 11.8. The summed E-state index contributed by atoms with van der Waals surface area (Å²) in [5, 5.41) is 22.1. The molecule has 3 rings (SSSR count).